The van der Waals surface area contributed by atoms with E-state index in [1.165, 1.54) is 17.8 Å². The Morgan fingerprint density at radius 3 is 3.07 bits per heavy atom. The van der Waals surface area contributed by atoms with Gasteiger partial charge in [-0.25, -0.2) is 4.98 Å². The van der Waals surface area contributed by atoms with Crippen molar-refractivity contribution in [1.82, 2.24) is 10.3 Å². The first-order chi connectivity index (χ1) is 6.90. The maximum Gasteiger partial charge on any atom is 0.125 e. The van der Waals surface area contributed by atoms with E-state index in [-0.39, 0.29) is 0 Å². The topological polar surface area (TPSA) is 42.0 Å². The molecular formula is C10H14N2OS. The smallest absolute Gasteiger partial charge is 0.125 e. The Labute approximate surface area is 87.6 Å². The molecular weight excluding hydrogens is 196 g/mol. The molecule has 76 valence electrons. The summed E-state index contributed by atoms with van der Waals surface area (Å²) in [7, 11) is 0. The number of aromatic nitrogens is 1. The van der Waals surface area contributed by atoms with Gasteiger partial charge in [0.25, 0.3) is 0 Å². The Morgan fingerprint density at radius 2 is 2.36 bits per heavy atom. The van der Waals surface area contributed by atoms with Gasteiger partial charge in [0, 0.05) is 17.7 Å². The van der Waals surface area contributed by atoms with Gasteiger partial charge in [-0.15, -0.1) is 11.3 Å². The molecule has 0 spiro atoms. The van der Waals surface area contributed by atoms with Crippen LogP contribution < -0.4 is 5.32 Å². The van der Waals surface area contributed by atoms with Crippen LogP contribution in [0.4, 0.5) is 0 Å². The van der Waals surface area contributed by atoms with Gasteiger partial charge in [0.05, 0.1) is 10.7 Å². The average Bonchev–Trinajstić information content (AvgIpc) is 2.68. The van der Waals surface area contributed by atoms with Crippen molar-refractivity contribution >= 4 is 17.6 Å². The average molecular weight is 210 g/mol. The van der Waals surface area contributed by atoms with Crippen LogP contribution in [0.3, 0.4) is 0 Å². The predicted octanol–water partition coefficient (Wildman–Crippen LogP) is 1.35. The van der Waals surface area contributed by atoms with Gasteiger partial charge in [-0.1, -0.05) is 0 Å². The van der Waals surface area contributed by atoms with Crippen molar-refractivity contribution in [3.8, 4) is 0 Å². The van der Waals surface area contributed by atoms with Crippen molar-refractivity contribution in [2.24, 2.45) is 0 Å². The SMILES string of the molecule is O=CCc1csc(C2CCNCC2)n1. The summed E-state index contributed by atoms with van der Waals surface area (Å²) in [5.41, 5.74) is 0.929. The minimum atomic E-state index is 0.460. The van der Waals surface area contributed by atoms with Crippen LogP contribution >= 0.6 is 11.3 Å². The number of nitrogens with zero attached hydrogens (tertiary/aromatic N) is 1. The molecule has 3 nitrogen and oxygen atoms in total. The van der Waals surface area contributed by atoms with E-state index in [4.69, 9.17) is 0 Å². The highest BCUT2D eigenvalue weighted by atomic mass is 32.1. The molecule has 0 unspecified atom stereocenters. The maximum atomic E-state index is 10.3. The lowest BCUT2D eigenvalue weighted by Gasteiger charge is -2.20. The van der Waals surface area contributed by atoms with Crippen LogP contribution in [-0.2, 0) is 11.2 Å². The molecule has 0 saturated carbocycles. The third kappa shape index (κ3) is 2.19. The maximum absolute atomic E-state index is 10.3. The van der Waals surface area contributed by atoms with E-state index in [0.29, 0.717) is 12.3 Å². The quantitative estimate of drug-likeness (QED) is 0.766. The normalized spacial score (nSPS) is 18.3. The largest absolute Gasteiger partial charge is 0.317 e. The molecule has 0 aromatic carbocycles. The molecule has 1 aliphatic rings. The van der Waals surface area contributed by atoms with Crippen LogP contribution in [0, 0.1) is 0 Å². The molecule has 0 aliphatic carbocycles. The summed E-state index contributed by atoms with van der Waals surface area (Å²) < 4.78 is 0. The van der Waals surface area contributed by atoms with E-state index < -0.39 is 0 Å². The van der Waals surface area contributed by atoms with Gasteiger partial charge in [-0.05, 0) is 25.9 Å². The highest BCUT2D eigenvalue weighted by Crippen LogP contribution is 2.27. The van der Waals surface area contributed by atoms with Crippen molar-refractivity contribution in [3.05, 3.63) is 16.1 Å². The van der Waals surface area contributed by atoms with Crippen LogP contribution in [0.25, 0.3) is 0 Å². The van der Waals surface area contributed by atoms with Crippen LogP contribution in [-0.4, -0.2) is 24.4 Å². The zero-order valence-corrected chi connectivity index (χ0v) is 8.85. The molecule has 2 heterocycles. The first-order valence-electron chi connectivity index (χ1n) is 4.99. The second kappa shape index (κ2) is 4.66. The van der Waals surface area contributed by atoms with Crippen LogP contribution in [0.5, 0.6) is 0 Å². The van der Waals surface area contributed by atoms with E-state index in [0.717, 1.165) is 25.1 Å². The summed E-state index contributed by atoms with van der Waals surface area (Å²) in [6.45, 7) is 2.18. The van der Waals surface area contributed by atoms with E-state index >= 15 is 0 Å². The van der Waals surface area contributed by atoms with Crippen molar-refractivity contribution < 1.29 is 4.79 Å². The molecule has 0 radical (unpaired) electrons. The summed E-state index contributed by atoms with van der Waals surface area (Å²) >= 11 is 1.70. The van der Waals surface area contributed by atoms with Crippen LogP contribution in [0.1, 0.15) is 29.5 Å². The van der Waals surface area contributed by atoms with Crippen LogP contribution in [0.2, 0.25) is 0 Å². The Hall–Kier alpha value is -0.740. The second-order valence-electron chi connectivity index (χ2n) is 3.57. The standard InChI is InChI=1S/C10H14N2OS/c13-6-3-9-7-14-10(12-9)8-1-4-11-5-2-8/h6-8,11H,1-5H2. The number of carbonyl (C=O) groups excluding carboxylic acids is 1. The molecule has 0 amide bonds. The Kier molecular flexibility index (Phi) is 3.26. The van der Waals surface area contributed by atoms with Crippen molar-refractivity contribution in [2.75, 3.05) is 13.1 Å². The highest BCUT2D eigenvalue weighted by molar-refractivity contribution is 7.09. The molecule has 1 aromatic rings. The lowest BCUT2D eigenvalue weighted by Crippen LogP contribution is -2.26. The van der Waals surface area contributed by atoms with E-state index in [1.54, 1.807) is 11.3 Å². The van der Waals surface area contributed by atoms with Crippen molar-refractivity contribution in [1.29, 1.82) is 0 Å². The van der Waals surface area contributed by atoms with Gasteiger partial charge in [0.2, 0.25) is 0 Å². The number of aldehydes is 1. The summed E-state index contributed by atoms with van der Waals surface area (Å²) in [4.78, 5) is 14.8. The van der Waals surface area contributed by atoms with Gasteiger partial charge < -0.3 is 10.1 Å². The molecule has 1 aromatic heterocycles. The van der Waals surface area contributed by atoms with Gasteiger partial charge in [0.15, 0.2) is 0 Å². The van der Waals surface area contributed by atoms with E-state index in [2.05, 4.69) is 10.3 Å². The number of piperidine rings is 1. The molecule has 2 rings (SSSR count). The number of rotatable bonds is 3. The first kappa shape index (κ1) is 9.80. The predicted molar refractivity (Wildman–Crippen MR) is 56.7 cm³/mol. The molecule has 0 atom stereocenters. The zero-order valence-electron chi connectivity index (χ0n) is 8.03. The van der Waals surface area contributed by atoms with Crippen molar-refractivity contribution in [2.45, 2.75) is 25.2 Å². The third-order valence-electron chi connectivity index (χ3n) is 2.55. The Balaban J connectivity index is 2.03. The van der Waals surface area contributed by atoms with Crippen molar-refractivity contribution in [3.63, 3.8) is 0 Å². The third-order valence-corrected chi connectivity index (χ3v) is 3.61. The molecule has 4 heteroatoms. The summed E-state index contributed by atoms with van der Waals surface area (Å²) in [5, 5.41) is 6.55. The minimum absolute atomic E-state index is 0.460. The molecule has 0 bridgehead atoms. The number of hydrogen-bond donors (Lipinski definition) is 1. The van der Waals surface area contributed by atoms with E-state index in [9.17, 15) is 4.79 Å². The zero-order chi connectivity index (χ0) is 9.80. The summed E-state index contributed by atoms with van der Waals surface area (Å²) in [6.07, 6.45) is 3.73. The molecule has 14 heavy (non-hydrogen) atoms. The monoisotopic (exact) mass is 210 g/mol. The highest BCUT2D eigenvalue weighted by Gasteiger charge is 2.17. The second-order valence-corrected chi connectivity index (χ2v) is 4.46. The van der Waals surface area contributed by atoms with Crippen LogP contribution in [0.15, 0.2) is 5.38 Å². The van der Waals surface area contributed by atoms with Gasteiger partial charge in [0.1, 0.15) is 6.29 Å². The lowest BCUT2D eigenvalue weighted by atomic mass is 9.99. The number of hydrogen-bond acceptors (Lipinski definition) is 4. The summed E-state index contributed by atoms with van der Waals surface area (Å²) in [5.74, 6) is 0.613. The fourth-order valence-electron chi connectivity index (χ4n) is 1.76. The molecule has 1 aliphatic heterocycles. The minimum Gasteiger partial charge on any atom is -0.317 e. The molecule has 1 saturated heterocycles. The number of nitrogens with one attached hydrogen (secondary N) is 1. The lowest BCUT2D eigenvalue weighted by molar-refractivity contribution is -0.107. The summed E-state index contributed by atoms with van der Waals surface area (Å²) in [6, 6.07) is 0. The van der Waals surface area contributed by atoms with Gasteiger partial charge >= 0.3 is 0 Å². The first-order valence-corrected chi connectivity index (χ1v) is 5.87. The fraction of sp³-hybridized carbons (Fsp3) is 0.600. The van der Waals surface area contributed by atoms with E-state index in [1.807, 2.05) is 5.38 Å². The Morgan fingerprint density at radius 1 is 1.57 bits per heavy atom. The number of carbonyl (C=O) groups is 1. The fourth-order valence-corrected chi connectivity index (χ4v) is 2.76. The number of thiazole rings is 1. The van der Waals surface area contributed by atoms with Gasteiger partial charge in [-0.3, -0.25) is 0 Å². The Bertz CT molecular complexity index is 305. The molecule has 1 N–H and O–H groups in total. The van der Waals surface area contributed by atoms with Gasteiger partial charge in [-0.2, -0.15) is 0 Å². The molecule has 1 fully saturated rings.